The summed E-state index contributed by atoms with van der Waals surface area (Å²) in [6.07, 6.45) is 1.01. The Bertz CT molecular complexity index is 830. The highest BCUT2D eigenvalue weighted by atomic mass is 16.2. The fourth-order valence-electron chi connectivity index (χ4n) is 2.43. The number of nitrogens with one attached hydrogen (secondary N) is 1. The summed E-state index contributed by atoms with van der Waals surface area (Å²) in [5.74, 6) is 0.403. The van der Waals surface area contributed by atoms with Crippen LogP contribution in [0.5, 0.6) is 0 Å². The molecule has 0 atom stereocenters. The highest BCUT2D eigenvalue weighted by Crippen LogP contribution is 2.17. The van der Waals surface area contributed by atoms with Crippen molar-refractivity contribution in [1.29, 1.82) is 0 Å². The smallest absolute Gasteiger partial charge is 0.278 e. The van der Waals surface area contributed by atoms with Gasteiger partial charge in [-0.05, 0) is 48.4 Å². The normalized spacial score (nSPS) is 10.3. The number of carbonyl (C=O) groups excluding carboxylic acids is 1. The third kappa shape index (κ3) is 4.01. The van der Waals surface area contributed by atoms with Crippen molar-refractivity contribution in [2.45, 2.75) is 13.3 Å². The first-order valence-corrected chi connectivity index (χ1v) is 8.20. The molecule has 0 spiro atoms. The van der Waals surface area contributed by atoms with Crippen molar-refractivity contribution >= 4 is 23.1 Å². The molecule has 1 N–H and O–H groups in total. The Kier molecular flexibility index (Phi) is 5.04. The zero-order valence-electron chi connectivity index (χ0n) is 14.3. The number of para-hydroxylation sites is 1. The lowest BCUT2D eigenvalue weighted by molar-refractivity contribution is 0.0987. The molecule has 3 rings (SSSR count). The molecule has 0 fully saturated rings. The summed E-state index contributed by atoms with van der Waals surface area (Å²) in [6, 6.07) is 21.0. The summed E-state index contributed by atoms with van der Waals surface area (Å²) >= 11 is 0. The van der Waals surface area contributed by atoms with E-state index >= 15 is 0 Å². The first-order chi connectivity index (χ1) is 12.2. The Hall–Kier alpha value is -3.21. The van der Waals surface area contributed by atoms with Crippen molar-refractivity contribution in [3.63, 3.8) is 0 Å². The minimum absolute atomic E-state index is 0.197. The van der Waals surface area contributed by atoms with Crippen molar-refractivity contribution in [2.24, 2.45) is 0 Å². The van der Waals surface area contributed by atoms with Crippen molar-refractivity contribution in [1.82, 2.24) is 10.2 Å². The van der Waals surface area contributed by atoms with Crippen LogP contribution in [0.2, 0.25) is 0 Å². The maximum Gasteiger partial charge on any atom is 0.278 e. The Morgan fingerprint density at radius 3 is 2.28 bits per heavy atom. The second-order valence-electron chi connectivity index (χ2n) is 5.68. The first kappa shape index (κ1) is 16.6. The molecule has 0 saturated heterocycles. The van der Waals surface area contributed by atoms with Gasteiger partial charge < -0.3 is 10.2 Å². The Morgan fingerprint density at radius 1 is 0.960 bits per heavy atom. The third-order valence-corrected chi connectivity index (χ3v) is 3.97. The molecule has 25 heavy (non-hydrogen) atoms. The summed E-state index contributed by atoms with van der Waals surface area (Å²) < 4.78 is 0. The Labute approximate surface area is 147 Å². The lowest BCUT2D eigenvalue weighted by Crippen LogP contribution is -2.27. The van der Waals surface area contributed by atoms with Gasteiger partial charge >= 0.3 is 0 Å². The topological polar surface area (TPSA) is 58.1 Å². The van der Waals surface area contributed by atoms with E-state index in [1.165, 1.54) is 5.56 Å². The van der Waals surface area contributed by atoms with E-state index in [-0.39, 0.29) is 5.91 Å². The van der Waals surface area contributed by atoms with E-state index in [9.17, 15) is 4.79 Å². The largest absolute Gasteiger partial charge is 0.339 e. The van der Waals surface area contributed by atoms with Crippen LogP contribution in [0.25, 0.3) is 0 Å². The van der Waals surface area contributed by atoms with Crippen molar-refractivity contribution < 1.29 is 4.79 Å². The van der Waals surface area contributed by atoms with Gasteiger partial charge in [-0.25, -0.2) is 0 Å². The van der Waals surface area contributed by atoms with Gasteiger partial charge in [0.1, 0.15) is 0 Å². The molecule has 0 aliphatic heterocycles. The quantitative estimate of drug-likeness (QED) is 0.765. The van der Waals surface area contributed by atoms with Crippen molar-refractivity contribution in [3.05, 3.63) is 78.0 Å². The second kappa shape index (κ2) is 7.57. The first-order valence-electron chi connectivity index (χ1n) is 8.20. The predicted molar refractivity (Wildman–Crippen MR) is 100 cm³/mol. The number of rotatable bonds is 5. The van der Waals surface area contributed by atoms with Crippen LogP contribution in [0.3, 0.4) is 0 Å². The molecular formula is C20H20N4O. The van der Waals surface area contributed by atoms with Crippen LogP contribution in [0, 0.1) is 0 Å². The van der Waals surface area contributed by atoms with Gasteiger partial charge in [0.2, 0.25) is 0 Å². The molecule has 0 saturated carbocycles. The highest BCUT2D eigenvalue weighted by Gasteiger charge is 2.15. The second-order valence-corrected chi connectivity index (χ2v) is 5.68. The molecule has 0 aliphatic rings. The molecular weight excluding hydrogens is 312 g/mol. The molecule has 1 aromatic heterocycles. The molecule has 0 unspecified atom stereocenters. The number of benzene rings is 2. The summed E-state index contributed by atoms with van der Waals surface area (Å²) in [5, 5.41) is 11.3. The van der Waals surface area contributed by atoms with Gasteiger partial charge in [0.25, 0.3) is 5.91 Å². The van der Waals surface area contributed by atoms with E-state index in [2.05, 4.69) is 34.6 Å². The zero-order valence-corrected chi connectivity index (χ0v) is 14.3. The average Bonchev–Trinajstić information content (AvgIpc) is 2.69. The van der Waals surface area contributed by atoms with Crippen LogP contribution in [-0.2, 0) is 6.42 Å². The fourth-order valence-corrected chi connectivity index (χ4v) is 2.43. The molecule has 0 bridgehead atoms. The maximum atomic E-state index is 12.5. The van der Waals surface area contributed by atoms with E-state index in [1.54, 1.807) is 24.1 Å². The maximum absolute atomic E-state index is 12.5. The van der Waals surface area contributed by atoms with Gasteiger partial charge in [-0.2, -0.15) is 0 Å². The van der Waals surface area contributed by atoms with E-state index in [1.807, 2.05) is 42.5 Å². The Balaban J connectivity index is 1.70. The molecule has 2 aromatic carbocycles. The van der Waals surface area contributed by atoms with E-state index < -0.39 is 0 Å². The zero-order chi connectivity index (χ0) is 17.6. The standard InChI is InChI=1S/C20H20N4O/c1-3-15-9-11-16(12-10-15)21-19-14-13-18(22-23-19)20(25)24(2)17-7-5-4-6-8-17/h4-14H,3H2,1-2H3,(H,21,23). The fraction of sp³-hybridized carbons (Fsp3) is 0.150. The minimum Gasteiger partial charge on any atom is -0.339 e. The third-order valence-electron chi connectivity index (χ3n) is 3.97. The van der Waals surface area contributed by atoms with Crippen LogP contribution >= 0.6 is 0 Å². The van der Waals surface area contributed by atoms with E-state index in [0.717, 1.165) is 17.8 Å². The average molecular weight is 332 g/mol. The van der Waals surface area contributed by atoms with Crippen LogP contribution in [0.15, 0.2) is 66.7 Å². The van der Waals surface area contributed by atoms with Gasteiger partial charge in [0, 0.05) is 18.4 Å². The minimum atomic E-state index is -0.197. The van der Waals surface area contributed by atoms with Crippen LogP contribution in [0.1, 0.15) is 23.0 Å². The van der Waals surface area contributed by atoms with Gasteiger partial charge in [-0.15, -0.1) is 10.2 Å². The van der Waals surface area contributed by atoms with Gasteiger partial charge in [0.05, 0.1) is 0 Å². The summed E-state index contributed by atoms with van der Waals surface area (Å²) in [6.45, 7) is 2.12. The van der Waals surface area contributed by atoms with Gasteiger partial charge in [-0.3, -0.25) is 4.79 Å². The van der Waals surface area contributed by atoms with Crippen molar-refractivity contribution in [2.75, 3.05) is 17.3 Å². The van der Waals surface area contributed by atoms with Crippen LogP contribution in [0.4, 0.5) is 17.2 Å². The van der Waals surface area contributed by atoms with E-state index in [4.69, 9.17) is 0 Å². The number of aryl methyl sites for hydroxylation is 1. The van der Waals surface area contributed by atoms with E-state index in [0.29, 0.717) is 11.5 Å². The van der Waals surface area contributed by atoms with Crippen LogP contribution < -0.4 is 10.2 Å². The number of carbonyl (C=O) groups is 1. The van der Waals surface area contributed by atoms with Gasteiger partial charge in [0.15, 0.2) is 11.5 Å². The summed E-state index contributed by atoms with van der Waals surface area (Å²) in [4.78, 5) is 14.0. The number of aromatic nitrogens is 2. The number of nitrogens with zero attached hydrogens (tertiary/aromatic N) is 3. The molecule has 5 nitrogen and oxygen atoms in total. The SMILES string of the molecule is CCc1ccc(Nc2ccc(C(=O)N(C)c3ccccc3)nn2)cc1. The molecule has 1 amide bonds. The molecule has 126 valence electrons. The van der Waals surface area contributed by atoms with Crippen molar-refractivity contribution in [3.8, 4) is 0 Å². The summed E-state index contributed by atoms with van der Waals surface area (Å²) in [5.41, 5.74) is 3.33. The highest BCUT2D eigenvalue weighted by molar-refractivity contribution is 6.04. The number of amides is 1. The molecule has 3 aromatic rings. The molecule has 0 radical (unpaired) electrons. The molecule has 0 aliphatic carbocycles. The number of hydrogen-bond donors (Lipinski definition) is 1. The molecule has 1 heterocycles. The number of hydrogen-bond acceptors (Lipinski definition) is 4. The number of anilines is 3. The lowest BCUT2D eigenvalue weighted by atomic mass is 10.1. The summed E-state index contributed by atoms with van der Waals surface area (Å²) in [7, 11) is 1.72. The monoisotopic (exact) mass is 332 g/mol. The molecule has 5 heteroatoms. The van der Waals surface area contributed by atoms with Gasteiger partial charge in [-0.1, -0.05) is 37.3 Å². The lowest BCUT2D eigenvalue weighted by Gasteiger charge is -2.16. The predicted octanol–water partition coefficient (Wildman–Crippen LogP) is 4.06. The van der Waals surface area contributed by atoms with Crippen LogP contribution in [-0.4, -0.2) is 23.2 Å². The Morgan fingerprint density at radius 2 is 1.68 bits per heavy atom.